The van der Waals surface area contributed by atoms with Gasteiger partial charge >= 0.3 is 0 Å². The Morgan fingerprint density at radius 1 is 0.773 bits per heavy atom. The van der Waals surface area contributed by atoms with Gasteiger partial charge in [-0.05, 0) is 82.0 Å². The molecule has 22 heavy (non-hydrogen) atoms. The molecule has 0 radical (unpaired) electrons. The molecule has 0 unspecified atom stereocenters. The van der Waals surface area contributed by atoms with Gasteiger partial charge in [-0.1, -0.05) is 56.9 Å². The molecule has 0 N–H and O–H groups in total. The molecule has 0 atom stereocenters. The summed E-state index contributed by atoms with van der Waals surface area (Å²) in [5.41, 5.74) is 0. The molecule has 0 amide bonds. The van der Waals surface area contributed by atoms with Crippen molar-refractivity contribution in [2.24, 2.45) is 23.7 Å². The molecule has 0 aromatic carbocycles. The number of rotatable bonds is 7. The summed E-state index contributed by atoms with van der Waals surface area (Å²) in [5, 5.41) is 0. The Bertz CT molecular complexity index is 322. The minimum absolute atomic E-state index is 0.887. The van der Waals surface area contributed by atoms with E-state index in [4.69, 9.17) is 0 Å². The van der Waals surface area contributed by atoms with Crippen molar-refractivity contribution in [3.63, 3.8) is 0 Å². The zero-order chi connectivity index (χ0) is 15.6. The van der Waals surface area contributed by atoms with E-state index in [1.807, 2.05) is 0 Å². The van der Waals surface area contributed by atoms with Crippen LogP contribution in [-0.2, 0) is 0 Å². The van der Waals surface area contributed by atoms with Gasteiger partial charge in [-0.3, -0.25) is 0 Å². The van der Waals surface area contributed by atoms with Crippen LogP contribution in [0, 0.1) is 23.7 Å². The zero-order valence-corrected chi connectivity index (χ0v) is 15.1. The highest BCUT2D eigenvalue weighted by molar-refractivity contribution is 4.93. The summed E-state index contributed by atoms with van der Waals surface area (Å²) in [6.07, 6.45) is 26.8. The van der Waals surface area contributed by atoms with Crippen LogP contribution in [0.5, 0.6) is 0 Å². The Kier molecular flexibility index (Phi) is 8.34. The van der Waals surface area contributed by atoms with Crippen molar-refractivity contribution in [1.82, 2.24) is 0 Å². The molecular weight excluding hydrogens is 264 g/mol. The predicted molar refractivity (Wildman–Crippen MR) is 99.0 cm³/mol. The van der Waals surface area contributed by atoms with Crippen LogP contribution in [-0.4, -0.2) is 0 Å². The zero-order valence-electron chi connectivity index (χ0n) is 15.1. The first kappa shape index (κ1) is 17.8. The van der Waals surface area contributed by atoms with E-state index < -0.39 is 0 Å². The van der Waals surface area contributed by atoms with Crippen LogP contribution < -0.4 is 0 Å². The summed E-state index contributed by atoms with van der Waals surface area (Å²) >= 11 is 0. The van der Waals surface area contributed by atoms with Gasteiger partial charge in [-0.15, -0.1) is 0 Å². The molecule has 0 aliphatic heterocycles. The van der Waals surface area contributed by atoms with Crippen LogP contribution >= 0.6 is 0 Å². The quantitative estimate of drug-likeness (QED) is 0.341. The molecule has 0 aromatic heterocycles. The van der Waals surface area contributed by atoms with Gasteiger partial charge in [0.05, 0.1) is 0 Å². The summed E-state index contributed by atoms with van der Waals surface area (Å²) in [6, 6.07) is 0. The topological polar surface area (TPSA) is 0 Å². The fraction of sp³-hybridized carbons (Fsp3) is 0.818. The van der Waals surface area contributed by atoms with Crippen molar-refractivity contribution in [1.29, 1.82) is 0 Å². The lowest BCUT2D eigenvalue weighted by Gasteiger charge is -2.37. The summed E-state index contributed by atoms with van der Waals surface area (Å²) in [4.78, 5) is 0. The third-order valence-electron chi connectivity index (χ3n) is 6.22. The van der Waals surface area contributed by atoms with Gasteiger partial charge in [0.2, 0.25) is 0 Å². The Labute approximate surface area is 139 Å². The molecule has 126 valence electrons. The number of allylic oxidation sites excluding steroid dienone is 4. The summed E-state index contributed by atoms with van der Waals surface area (Å²) in [6.45, 7) is 4.46. The van der Waals surface area contributed by atoms with E-state index in [9.17, 15) is 0 Å². The van der Waals surface area contributed by atoms with Crippen molar-refractivity contribution < 1.29 is 0 Å². The smallest absolute Gasteiger partial charge is 0.0233 e. The standard InChI is InChI=1S/C22H38/c1-3-5-6-7-8-10-20-13-17-22(18-14-20)21-15-11-19(9-4-2)12-16-21/h3,5,8,10,19-22H,4,6-7,9,11-18H2,1-2H3/b5-3+,10-8+. The Balaban J connectivity index is 1.63. The minimum Gasteiger partial charge on any atom is -0.0917 e. The van der Waals surface area contributed by atoms with Crippen LogP contribution in [0.1, 0.15) is 90.9 Å². The number of hydrogen-bond acceptors (Lipinski definition) is 0. The molecule has 2 rings (SSSR count). The van der Waals surface area contributed by atoms with Crippen LogP contribution in [0.2, 0.25) is 0 Å². The van der Waals surface area contributed by atoms with Crippen LogP contribution in [0.25, 0.3) is 0 Å². The molecule has 0 aromatic rings. The molecule has 2 saturated carbocycles. The SMILES string of the molecule is C/C=C/CC/C=C/C1CCC(C2CCC(CCC)CC2)CC1. The van der Waals surface area contributed by atoms with E-state index in [-0.39, 0.29) is 0 Å². The van der Waals surface area contributed by atoms with E-state index in [2.05, 4.69) is 38.2 Å². The van der Waals surface area contributed by atoms with Gasteiger partial charge in [-0.25, -0.2) is 0 Å². The van der Waals surface area contributed by atoms with Gasteiger partial charge in [-0.2, -0.15) is 0 Å². The second kappa shape index (κ2) is 10.3. The van der Waals surface area contributed by atoms with E-state index in [1.54, 1.807) is 12.8 Å². The molecule has 0 bridgehead atoms. The summed E-state index contributed by atoms with van der Waals surface area (Å²) < 4.78 is 0. The number of unbranched alkanes of at least 4 members (excludes halogenated alkanes) is 1. The van der Waals surface area contributed by atoms with Gasteiger partial charge in [0.15, 0.2) is 0 Å². The maximum absolute atomic E-state index is 2.53. The fourth-order valence-corrected chi connectivity index (χ4v) is 4.81. The normalized spacial score (nSPS) is 33.7. The Morgan fingerprint density at radius 3 is 1.95 bits per heavy atom. The first-order chi connectivity index (χ1) is 10.8. The highest BCUT2D eigenvalue weighted by atomic mass is 14.3. The monoisotopic (exact) mass is 302 g/mol. The van der Waals surface area contributed by atoms with Crippen LogP contribution in [0.4, 0.5) is 0 Å². The third kappa shape index (κ3) is 5.94. The van der Waals surface area contributed by atoms with Gasteiger partial charge in [0, 0.05) is 0 Å². The van der Waals surface area contributed by atoms with Gasteiger partial charge in [0.25, 0.3) is 0 Å². The maximum Gasteiger partial charge on any atom is -0.0233 e. The average molecular weight is 303 g/mol. The second-order valence-corrected chi connectivity index (χ2v) is 7.82. The van der Waals surface area contributed by atoms with Gasteiger partial charge < -0.3 is 0 Å². The molecular formula is C22H38. The molecule has 2 aliphatic rings. The third-order valence-corrected chi connectivity index (χ3v) is 6.22. The lowest BCUT2D eigenvalue weighted by atomic mass is 9.68. The Morgan fingerprint density at radius 2 is 1.36 bits per heavy atom. The highest BCUT2D eigenvalue weighted by Gasteiger charge is 2.29. The van der Waals surface area contributed by atoms with E-state index in [0.29, 0.717) is 0 Å². The summed E-state index contributed by atoms with van der Waals surface area (Å²) in [5.74, 6) is 4.10. The van der Waals surface area contributed by atoms with Crippen molar-refractivity contribution >= 4 is 0 Å². The maximum atomic E-state index is 2.53. The summed E-state index contributed by atoms with van der Waals surface area (Å²) in [7, 11) is 0. The van der Waals surface area contributed by atoms with E-state index in [0.717, 1.165) is 23.7 Å². The molecule has 0 spiro atoms. The van der Waals surface area contributed by atoms with E-state index >= 15 is 0 Å². The molecule has 0 heterocycles. The second-order valence-electron chi connectivity index (χ2n) is 7.82. The van der Waals surface area contributed by atoms with Crippen LogP contribution in [0.3, 0.4) is 0 Å². The van der Waals surface area contributed by atoms with Crippen molar-refractivity contribution in [3.05, 3.63) is 24.3 Å². The molecule has 0 heteroatoms. The fourth-order valence-electron chi connectivity index (χ4n) is 4.81. The van der Waals surface area contributed by atoms with Crippen molar-refractivity contribution in [2.45, 2.75) is 90.9 Å². The number of hydrogen-bond donors (Lipinski definition) is 0. The van der Waals surface area contributed by atoms with Gasteiger partial charge in [0.1, 0.15) is 0 Å². The lowest BCUT2D eigenvalue weighted by Crippen LogP contribution is -2.25. The van der Waals surface area contributed by atoms with Crippen molar-refractivity contribution in [3.8, 4) is 0 Å². The average Bonchev–Trinajstić information content (AvgIpc) is 2.56. The van der Waals surface area contributed by atoms with E-state index in [1.165, 1.54) is 64.2 Å². The highest BCUT2D eigenvalue weighted by Crippen LogP contribution is 2.42. The molecule has 0 nitrogen and oxygen atoms in total. The minimum atomic E-state index is 0.887. The van der Waals surface area contributed by atoms with Crippen LogP contribution in [0.15, 0.2) is 24.3 Å². The Hall–Kier alpha value is -0.520. The predicted octanol–water partition coefficient (Wildman–Crippen LogP) is 7.31. The molecule has 2 aliphatic carbocycles. The largest absolute Gasteiger partial charge is 0.0917 e. The molecule has 2 fully saturated rings. The lowest BCUT2D eigenvalue weighted by molar-refractivity contribution is 0.152. The first-order valence-corrected chi connectivity index (χ1v) is 10.1. The van der Waals surface area contributed by atoms with Crippen molar-refractivity contribution in [2.75, 3.05) is 0 Å². The first-order valence-electron chi connectivity index (χ1n) is 10.1. The molecule has 0 saturated heterocycles.